The molecule has 0 spiro atoms. The van der Waals surface area contributed by atoms with Gasteiger partial charge in [0.2, 0.25) is 11.8 Å². The van der Waals surface area contributed by atoms with Gasteiger partial charge in [-0.25, -0.2) is 14.6 Å². The van der Waals surface area contributed by atoms with Crippen LogP contribution in [-0.2, 0) is 19.1 Å². The summed E-state index contributed by atoms with van der Waals surface area (Å²) in [6.07, 6.45) is 5.26. The van der Waals surface area contributed by atoms with Crippen LogP contribution >= 0.6 is 0 Å². The number of ether oxygens (including phenoxy) is 2. The van der Waals surface area contributed by atoms with Gasteiger partial charge in [-0.3, -0.25) is 14.6 Å². The van der Waals surface area contributed by atoms with E-state index in [4.69, 9.17) is 19.5 Å². The summed E-state index contributed by atoms with van der Waals surface area (Å²) in [5.74, 6) is 0.478. The second kappa shape index (κ2) is 17.6. The van der Waals surface area contributed by atoms with E-state index in [-0.39, 0.29) is 35.7 Å². The number of hydrogen-bond donors (Lipinski definition) is 3. The van der Waals surface area contributed by atoms with Gasteiger partial charge in [0, 0.05) is 36.4 Å². The van der Waals surface area contributed by atoms with E-state index in [0.29, 0.717) is 13.0 Å². The van der Waals surface area contributed by atoms with Gasteiger partial charge in [-0.1, -0.05) is 96.1 Å². The minimum atomic E-state index is -1.72. The van der Waals surface area contributed by atoms with E-state index in [2.05, 4.69) is 83.3 Å². The smallest absolute Gasteiger partial charge is 0.407 e. The van der Waals surface area contributed by atoms with Crippen LogP contribution in [0.5, 0.6) is 0 Å². The van der Waals surface area contributed by atoms with Gasteiger partial charge in [0.15, 0.2) is 0 Å². The highest BCUT2D eigenvalue weighted by Crippen LogP contribution is 2.37. The molecule has 3 aliphatic rings. The summed E-state index contributed by atoms with van der Waals surface area (Å²) in [5, 5.41) is 7.68. The minimum Gasteiger partial charge on any atom is -0.453 e. The number of hydrogen-bond acceptors (Lipinski definition) is 8. The number of alkyl carbamates (subject to hydrolysis) is 2. The molecular formula is C46H59N7O6Si. The third-order valence-electron chi connectivity index (χ3n) is 12.9. The number of carbonyl (C=O) groups is 4. The number of carbonyl (C=O) groups excluding carboxylic acids is 4. The third-order valence-corrected chi connectivity index (χ3v) is 15.6. The fourth-order valence-electron chi connectivity index (χ4n) is 9.07. The van der Waals surface area contributed by atoms with E-state index in [0.717, 1.165) is 93.5 Å². The molecule has 4 heterocycles. The van der Waals surface area contributed by atoms with Crippen LogP contribution in [0.15, 0.2) is 65.8 Å². The summed E-state index contributed by atoms with van der Waals surface area (Å²) in [6, 6.07) is 18.5. The van der Waals surface area contributed by atoms with Crippen LogP contribution in [0.4, 0.5) is 9.59 Å². The van der Waals surface area contributed by atoms with Crippen molar-refractivity contribution in [3.05, 3.63) is 72.2 Å². The van der Waals surface area contributed by atoms with E-state index in [9.17, 15) is 19.2 Å². The number of aliphatic imine (C=N–C) groups is 1. The highest BCUT2D eigenvalue weighted by molar-refractivity contribution is 6.79. The van der Waals surface area contributed by atoms with E-state index in [1.54, 1.807) is 0 Å². The van der Waals surface area contributed by atoms with Crippen LogP contribution in [0, 0.1) is 11.8 Å². The number of amides is 4. The topological polar surface area (TPSA) is 158 Å². The average Bonchev–Trinajstić information content (AvgIpc) is 4.09. The molecule has 2 saturated heterocycles. The lowest BCUT2D eigenvalue weighted by molar-refractivity contribution is -0.136. The van der Waals surface area contributed by atoms with Crippen molar-refractivity contribution >= 4 is 65.2 Å². The van der Waals surface area contributed by atoms with E-state index in [1.165, 1.54) is 14.2 Å². The molecule has 2 fully saturated rings. The molecule has 4 aromatic rings. The van der Waals surface area contributed by atoms with Crippen molar-refractivity contribution in [1.82, 2.24) is 30.4 Å². The standard InChI is InChI=1S/C46H59N7O6Si/c1-9-27(3)39(50-45(56)58-5)43(54)52-21-11-12-37(52)42-48-35-20-18-32-22-31(17-19-34(32)41(35)49-42)29-13-15-30(16-14-29)33-23-36(47-24-33)38-25-60(7,8)26-53(38)44(55)40(28(4)10-2)51-46(57)59-6/h13-20,22,24,27-28,37-40H,9-12,21,23,25-26H2,1-8H3,(H,48,49)(H,50,56)(H,51,57)/t27-,28-,37-,38-,39-,40-/m0/s1. The number of benzene rings is 3. The first-order valence-electron chi connectivity index (χ1n) is 21.3. The number of H-pyrrole nitrogens is 1. The van der Waals surface area contributed by atoms with Crippen LogP contribution < -0.4 is 10.6 Å². The molecule has 0 radical (unpaired) electrons. The summed E-state index contributed by atoms with van der Waals surface area (Å²) >= 11 is 0. The quantitative estimate of drug-likeness (QED) is 0.121. The van der Waals surface area contributed by atoms with Gasteiger partial charge in [-0.2, -0.15) is 0 Å². The molecule has 1 aromatic heterocycles. The van der Waals surface area contributed by atoms with Crippen LogP contribution in [0.1, 0.15) is 77.2 Å². The predicted molar refractivity (Wildman–Crippen MR) is 238 cm³/mol. The van der Waals surface area contributed by atoms with Crippen molar-refractivity contribution in [3.8, 4) is 11.1 Å². The van der Waals surface area contributed by atoms with Crippen LogP contribution in [0.3, 0.4) is 0 Å². The summed E-state index contributed by atoms with van der Waals surface area (Å²) in [5.41, 5.74) is 7.17. The Morgan fingerprint density at radius 2 is 1.45 bits per heavy atom. The number of rotatable bonds is 12. The third kappa shape index (κ3) is 8.56. The highest BCUT2D eigenvalue weighted by atomic mass is 28.3. The fraction of sp³-hybridized carbons (Fsp3) is 0.478. The predicted octanol–water partition coefficient (Wildman–Crippen LogP) is 8.23. The SMILES string of the molecule is CC[C@H](C)[C@H](NC(=O)OC)C(=O)N1C[Si](C)(C)C[C@H]1C1=NC=C(c2ccc(-c3ccc4c(ccc5[nH]c([C@@H]6CCCN6C(=O)[C@@H](NC(=O)OC)[C@@H](C)CC)nc54)c3)cc2)C1. The normalized spacial score (nSPS) is 20.7. The maximum Gasteiger partial charge on any atom is 0.407 e. The number of likely N-dealkylation sites (tertiary alicyclic amines) is 1. The summed E-state index contributed by atoms with van der Waals surface area (Å²) < 4.78 is 9.70. The van der Waals surface area contributed by atoms with Crippen LogP contribution in [0.25, 0.3) is 38.5 Å². The summed E-state index contributed by atoms with van der Waals surface area (Å²) in [7, 11) is 0.907. The number of nitrogens with zero attached hydrogens (tertiary/aromatic N) is 4. The average molecular weight is 834 g/mol. The Labute approximate surface area is 353 Å². The Balaban J connectivity index is 1.05. The number of allylic oxidation sites excluding steroid dienone is 1. The number of fused-ring (bicyclic) bond motifs is 3. The molecule has 14 heteroatoms. The molecule has 60 heavy (non-hydrogen) atoms. The van der Waals surface area contributed by atoms with Crippen molar-refractivity contribution in [1.29, 1.82) is 0 Å². The van der Waals surface area contributed by atoms with Gasteiger partial charge >= 0.3 is 12.2 Å². The maximum absolute atomic E-state index is 14.1. The lowest BCUT2D eigenvalue weighted by atomic mass is 9.95. The highest BCUT2D eigenvalue weighted by Gasteiger charge is 2.46. The molecule has 0 saturated carbocycles. The minimum absolute atomic E-state index is 0.0404. The molecule has 4 amide bonds. The Hall–Kier alpha value is -5.50. The molecule has 3 aromatic carbocycles. The molecule has 0 bridgehead atoms. The van der Waals surface area contributed by atoms with Crippen LogP contribution in [-0.4, -0.2) is 103 Å². The van der Waals surface area contributed by atoms with Crippen molar-refractivity contribution in [2.24, 2.45) is 16.8 Å². The lowest BCUT2D eigenvalue weighted by Gasteiger charge is -2.32. The van der Waals surface area contributed by atoms with E-state index in [1.807, 2.05) is 43.7 Å². The summed E-state index contributed by atoms with van der Waals surface area (Å²) in [6.45, 7) is 13.2. The number of aromatic amines is 1. The van der Waals surface area contributed by atoms with E-state index >= 15 is 0 Å². The molecule has 0 unspecified atom stereocenters. The Morgan fingerprint density at radius 1 is 0.833 bits per heavy atom. The first-order chi connectivity index (χ1) is 28.7. The summed E-state index contributed by atoms with van der Waals surface area (Å²) in [4.78, 5) is 69.7. The maximum atomic E-state index is 14.1. The molecule has 318 valence electrons. The number of methoxy groups -OCH3 is 2. The molecule has 3 aliphatic heterocycles. The largest absolute Gasteiger partial charge is 0.453 e. The molecule has 3 N–H and O–H groups in total. The van der Waals surface area contributed by atoms with Gasteiger partial charge in [0.05, 0.1) is 45.4 Å². The number of imidazole rings is 1. The molecule has 13 nitrogen and oxygen atoms in total. The lowest BCUT2D eigenvalue weighted by Crippen LogP contribution is -2.54. The van der Waals surface area contributed by atoms with E-state index < -0.39 is 32.3 Å². The second-order valence-corrected chi connectivity index (χ2v) is 22.6. The molecule has 0 aliphatic carbocycles. The van der Waals surface area contributed by atoms with Crippen molar-refractivity contribution in [2.75, 3.05) is 26.9 Å². The van der Waals surface area contributed by atoms with Crippen LogP contribution in [0.2, 0.25) is 19.1 Å². The fourth-order valence-corrected chi connectivity index (χ4v) is 12.0. The molecular weight excluding hydrogens is 775 g/mol. The zero-order valence-electron chi connectivity index (χ0n) is 36.1. The van der Waals surface area contributed by atoms with Gasteiger partial charge in [0.1, 0.15) is 17.9 Å². The van der Waals surface area contributed by atoms with Crippen molar-refractivity contribution < 1.29 is 28.7 Å². The van der Waals surface area contributed by atoms with Gasteiger partial charge in [0.25, 0.3) is 0 Å². The van der Waals surface area contributed by atoms with Crippen molar-refractivity contribution in [3.63, 3.8) is 0 Å². The van der Waals surface area contributed by atoms with Gasteiger partial charge in [-0.15, -0.1) is 0 Å². The Bertz CT molecular complexity index is 2340. The molecule has 7 rings (SSSR count). The zero-order valence-corrected chi connectivity index (χ0v) is 37.1. The van der Waals surface area contributed by atoms with Gasteiger partial charge in [-0.05, 0) is 70.5 Å². The monoisotopic (exact) mass is 833 g/mol. The zero-order chi connectivity index (χ0) is 42.9. The Morgan fingerprint density at radius 3 is 2.08 bits per heavy atom. The first kappa shape index (κ1) is 42.6. The second-order valence-electron chi connectivity index (χ2n) is 17.6. The molecule has 6 atom stereocenters. The first-order valence-corrected chi connectivity index (χ1v) is 24.8. The van der Waals surface area contributed by atoms with Gasteiger partial charge < -0.3 is 34.9 Å². The van der Waals surface area contributed by atoms with Crippen molar-refractivity contribution in [2.45, 2.75) is 103 Å². The Kier molecular flexibility index (Phi) is 12.5. The number of aromatic nitrogens is 2. The number of nitrogens with one attached hydrogen (secondary N) is 3.